The predicted octanol–water partition coefficient (Wildman–Crippen LogP) is 5.37. The van der Waals surface area contributed by atoms with Gasteiger partial charge in [-0.3, -0.25) is 28.8 Å². The highest BCUT2D eigenvalue weighted by atomic mass is 32.2. The van der Waals surface area contributed by atoms with E-state index in [1.807, 2.05) is 32.0 Å². The summed E-state index contributed by atoms with van der Waals surface area (Å²) in [4.78, 5) is 87.0. The standard InChI is InChI=1S/C74H109N11O12S3/c1-57(2)43-64(36-20-23-39-76)73(90)80-66(37-21-24-40-77)50-84(99(94,95)55-61-31-15-7-16-32-61)54-72(89)82-69(46-60-29-13-6-14-30-60)70(87)47-63(35-19-22-38-75)49-83(98(92,93)42-41-78)52-68(86)48-65(44-58-25-9-4-10-26-58)74(91)81-67(45-59-27-11-5-12-28-59)51-85(53-71(88)79-3)100(96,97)56-62-33-17-8-18-34-62/h4-18,25-34,57,63-67,69H,19-24,35-56,75-78H2,1-3H3,(H,79,88)(H,80,90)(H,81,91)(H,82,89)/t63-,64-,65-,66+,67+,69+/m1/s1. The van der Waals surface area contributed by atoms with Crippen LogP contribution in [0, 0.1) is 23.7 Å². The molecular formula is C74H109N11O12S3. The zero-order valence-corrected chi connectivity index (χ0v) is 61.0. The first kappa shape index (κ1) is 83.6. The first-order valence-corrected chi connectivity index (χ1v) is 39.8. The topological polar surface area (TPSA) is 367 Å². The van der Waals surface area contributed by atoms with Crippen molar-refractivity contribution in [1.29, 1.82) is 0 Å². The van der Waals surface area contributed by atoms with E-state index < -0.39 is 133 Å². The number of unbranched alkanes of at least 4 members (excludes halogenated alkanes) is 3. The van der Waals surface area contributed by atoms with Gasteiger partial charge in [-0.1, -0.05) is 185 Å². The van der Waals surface area contributed by atoms with Crippen molar-refractivity contribution in [3.8, 4) is 0 Å². The van der Waals surface area contributed by atoms with Crippen molar-refractivity contribution in [3.63, 3.8) is 0 Å². The number of likely N-dealkylation sites (N-methyl/N-ethyl adjacent to an activating group) is 1. The molecule has 0 aliphatic carbocycles. The highest BCUT2D eigenvalue weighted by molar-refractivity contribution is 7.89. The van der Waals surface area contributed by atoms with Gasteiger partial charge in [0.25, 0.3) is 0 Å². The summed E-state index contributed by atoms with van der Waals surface area (Å²) in [6.45, 7) is 1.93. The fourth-order valence-electron chi connectivity index (χ4n) is 12.2. The molecule has 0 spiro atoms. The average molecular weight is 1440 g/mol. The normalized spacial score (nSPS) is 13.9. The lowest BCUT2D eigenvalue weighted by atomic mass is 9.90. The highest BCUT2D eigenvalue weighted by Crippen LogP contribution is 2.25. The molecule has 5 rings (SSSR count). The molecule has 550 valence electrons. The van der Waals surface area contributed by atoms with E-state index in [0.29, 0.717) is 80.3 Å². The lowest BCUT2D eigenvalue weighted by Gasteiger charge is -2.30. The smallest absolute Gasteiger partial charge is 0.235 e. The number of ketones is 2. The first-order chi connectivity index (χ1) is 47.9. The third-order valence-electron chi connectivity index (χ3n) is 17.4. The van der Waals surface area contributed by atoms with E-state index in [1.165, 1.54) is 7.05 Å². The molecule has 0 saturated heterocycles. The van der Waals surface area contributed by atoms with Gasteiger partial charge in [0.1, 0.15) is 5.78 Å². The molecule has 5 aromatic carbocycles. The number of sulfonamides is 3. The summed E-state index contributed by atoms with van der Waals surface area (Å²) in [5.41, 5.74) is 26.7. The molecule has 26 heteroatoms. The van der Waals surface area contributed by atoms with Crippen molar-refractivity contribution in [2.45, 2.75) is 140 Å². The largest absolute Gasteiger partial charge is 0.358 e. The van der Waals surface area contributed by atoms with Gasteiger partial charge in [-0.05, 0) is 123 Å². The van der Waals surface area contributed by atoms with Crippen LogP contribution in [-0.2, 0) is 89.6 Å². The molecule has 100 heavy (non-hydrogen) atoms. The molecular weight excluding hydrogens is 1330 g/mol. The lowest BCUT2D eigenvalue weighted by molar-refractivity contribution is -0.130. The number of nitrogens with two attached hydrogens (primary N) is 4. The molecule has 23 nitrogen and oxygen atoms in total. The van der Waals surface area contributed by atoms with E-state index in [2.05, 4.69) is 21.3 Å². The number of carbonyl (C=O) groups is 6. The average Bonchev–Trinajstić information content (AvgIpc) is 0.841. The zero-order chi connectivity index (χ0) is 72.9. The number of amides is 4. The zero-order valence-electron chi connectivity index (χ0n) is 58.5. The maximum Gasteiger partial charge on any atom is 0.235 e. The Balaban J connectivity index is 1.47. The van der Waals surface area contributed by atoms with Crippen LogP contribution in [0.15, 0.2) is 152 Å². The summed E-state index contributed by atoms with van der Waals surface area (Å²) in [6.07, 6.45) is 4.70. The maximum absolute atomic E-state index is 15.2. The fraction of sp³-hybridized carbons (Fsp3) is 0.514. The van der Waals surface area contributed by atoms with Crippen LogP contribution in [0.3, 0.4) is 0 Å². The van der Waals surface area contributed by atoms with E-state index in [0.717, 1.165) is 31.3 Å². The summed E-state index contributed by atoms with van der Waals surface area (Å²) in [5, 5.41) is 11.6. The summed E-state index contributed by atoms with van der Waals surface area (Å²) < 4.78 is 90.1. The molecule has 0 aliphatic heterocycles. The Hall–Kier alpha value is -7.11. The minimum absolute atomic E-state index is 0.0164. The summed E-state index contributed by atoms with van der Waals surface area (Å²) >= 11 is 0. The number of hydrogen-bond donors (Lipinski definition) is 8. The summed E-state index contributed by atoms with van der Waals surface area (Å²) in [6, 6.07) is 40.9. The number of hydrogen-bond acceptors (Lipinski definition) is 16. The minimum Gasteiger partial charge on any atom is -0.358 e. The molecule has 0 bridgehead atoms. The molecule has 12 N–H and O–H groups in total. The van der Waals surface area contributed by atoms with Gasteiger partial charge < -0.3 is 44.2 Å². The molecule has 5 aromatic rings. The molecule has 0 fully saturated rings. The first-order valence-electron chi connectivity index (χ1n) is 35.0. The number of carbonyl (C=O) groups excluding carboxylic acids is 6. The Morgan fingerprint density at radius 3 is 1.32 bits per heavy atom. The second-order valence-corrected chi connectivity index (χ2v) is 32.4. The minimum atomic E-state index is -4.35. The van der Waals surface area contributed by atoms with E-state index >= 15 is 9.59 Å². The maximum atomic E-state index is 15.2. The van der Waals surface area contributed by atoms with Crippen molar-refractivity contribution >= 4 is 65.3 Å². The molecule has 0 aliphatic rings. The molecule has 0 aromatic heterocycles. The number of nitrogens with zero attached hydrogens (tertiary/aromatic N) is 3. The van der Waals surface area contributed by atoms with Crippen LogP contribution < -0.4 is 44.2 Å². The number of nitrogens with one attached hydrogen (secondary N) is 4. The van der Waals surface area contributed by atoms with Crippen molar-refractivity contribution in [2.75, 3.05) is 78.2 Å². The predicted molar refractivity (Wildman–Crippen MR) is 394 cm³/mol. The number of rotatable bonds is 51. The van der Waals surface area contributed by atoms with Crippen molar-refractivity contribution in [2.24, 2.45) is 46.6 Å². The van der Waals surface area contributed by atoms with Crippen molar-refractivity contribution < 1.29 is 54.0 Å². The van der Waals surface area contributed by atoms with E-state index in [1.54, 1.807) is 133 Å². The van der Waals surface area contributed by atoms with Gasteiger partial charge in [-0.2, -0.15) is 12.9 Å². The van der Waals surface area contributed by atoms with Gasteiger partial charge >= 0.3 is 0 Å². The Kier molecular flexibility index (Phi) is 37.0. The van der Waals surface area contributed by atoms with E-state index in [-0.39, 0.29) is 82.6 Å². The molecule has 6 atom stereocenters. The Bertz CT molecular complexity index is 3610. The van der Waals surface area contributed by atoms with Crippen LogP contribution in [0.25, 0.3) is 0 Å². The van der Waals surface area contributed by atoms with Gasteiger partial charge in [0.05, 0.1) is 42.9 Å². The van der Waals surface area contributed by atoms with Crippen LogP contribution in [0.5, 0.6) is 0 Å². The van der Waals surface area contributed by atoms with Crippen molar-refractivity contribution in [1.82, 2.24) is 34.2 Å². The second-order valence-electron chi connectivity index (χ2n) is 26.4. The Morgan fingerprint density at radius 2 is 0.840 bits per heavy atom. The van der Waals surface area contributed by atoms with Crippen LogP contribution in [0.4, 0.5) is 0 Å². The fourth-order valence-corrected chi connectivity index (χ4v) is 16.6. The van der Waals surface area contributed by atoms with Gasteiger partial charge in [0.2, 0.25) is 53.7 Å². The molecule has 4 amide bonds. The Morgan fingerprint density at radius 1 is 0.420 bits per heavy atom. The summed E-state index contributed by atoms with van der Waals surface area (Å²) in [5.74, 6) is -6.93. The highest BCUT2D eigenvalue weighted by Gasteiger charge is 2.36. The SMILES string of the molecule is CNC(=O)CN(C[C@H](Cc1ccccc1)NC(=O)[C@@H](CC(=O)CN(C[C@H](CCCCN)CC(=O)[C@H](Cc1ccccc1)NC(=O)CN(C[C@H](CCCCN)NC(=O)[C@H](CCCCN)CC(C)C)S(=O)(=O)Cc1ccccc1)S(=O)(=O)CCN)Cc1ccccc1)S(=O)(=O)Cc1ccccc1. The monoisotopic (exact) mass is 1440 g/mol. The van der Waals surface area contributed by atoms with Gasteiger partial charge in [-0.15, -0.1) is 0 Å². The van der Waals surface area contributed by atoms with Gasteiger partial charge in [-0.25, -0.2) is 25.3 Å². The van der Waals surface area contributed by atoms with Crippen LogP contribution in [0.1, 0.15) is 119 Å². The molecule has 0 unspecified atom stereocenters. The van der Waals surface area contributed by atoms with Crippen LogP contribution in [0.2, 0.25) is 0 Å². The molecule has 0 heterocycles. The second kappa shape index (κ2) is 44.3. The van der Waals surface area contributed by atoms with Gasteiger partial charge in [0.15, 0.2) is 5.78 Å². The summed E-state index contributed by atoms with van der Waals surface area (Å²) in [7, 11) is -11.5. The molecule has 0 radical (unpaired) electrons. The Labute approximate surface area is 594 Å². The van der Waals surface area contributed by atoms with Crippen molar-refractivity contribution in [3.05, 3.63) is 179 Å². The van der Waals surface area contributed by atoms with E-state index in [9.17, 15) is 44.4 Å². The molecule has 0 saturated carbocycles. The van der Waals surface area contributed by atoms with Crippen LogP contribution in [-0.4, -0.2) is 170 Å². The van der Waals surface area contributed by atoms with Crippen LogP contribution >= 0.6 is 0 Å². The third-order valence-corrected chi connectivity index (χ3v) is 22.8. The third kappa shape index (κ3) is 31.0. The quantitative estimate of drug-likeness (QED) is 0.0227. The lowest BCUT2D eigenvalue weighted by Crippen LogP contribution is -2.52. The van der Waals surface area contributed by atoms with E-state index in [4.69, 9.17) is 22.9 Å². The number of Topliss-reactive ketones (excluding diaryl/α,β-unsaturated/α-hetero) is 2. The van der Waals surface area contributed by atoms with Gasteiger partial charge in [0, 0.05) is 70.0 Å². The number of benzene rings is 5.